The van der Waals surface area contributed by atoms with E-state index in [1.54, 1.807) is 0 Å². The quantitative estimate of drug-likeness (QED) is 0.119. The highest BCUT2D eigenvalue weighted by Crippen LogP contribution is 2.48. The van der Waals surface area contributed by atoms with Crippen molar-refractivity contribution in [3.8, 4) is 0 Å². The van der Waals surface area contributed by atoms with Crippen LogP contribution in [0.3, 0.4) is 0 Å². The van der Waals surface area contributed by atoms with Crippen molar-refractivity contribution in [1.82, 2.24) is 4.98 Å². The van der Waals surface area contributed by atoms with Crippen LogP contribution < -0.4 is 10.7 Å². The molecule has 0 saturated heterocycles. The normalized spacial score (nSPS) is 19.5. The maximum Gasteiger partial charge on any atom is 0.321 e. The molecular formula is C55H74N4O5. The number of hydrogen-bond donors (Lipinski definition) is 2. The molecule has 0 spiro atoms. The number of carbonyl (C=O) groups excluding carboxylic acids is 2. The molecule has 5 heterocycles. The summed E-state index contributed by atoms with van der Waals surface area (Å²) < 4.78 is 11.2. The average molecular weight is 871 g/mol. The number of aliphatic hydroxyl groups excluding tert-OH is 1. The zero-order chi connectivity index (χ0) is 46.4. The first-order chi connectivity index (χ1) is 30.6. The zero-order valence-electron chi connectivity index (χ0n) is 40.7. The Bertz CT molecular complexity index is 2450. The van der Waals surface area contributed by atoms with Crippen molar-refractivity contribution in [1.29, 1.82) is 0 Å². The first-order valence-electron chi connectivity index (χ1n) is 24.1. The van der Waals surface area contributed by atoms with Crippen LogP contribution in [0, 0.1) is 36.5 Å². The number of carbonyl (C=O) groups is 2. The molecule has 4 aliphatic heterocycles. The van der Waals surface area contributed by atoms with Crippen LogP contribution in [0.2, 0.25) is 0 Å². The molecule has 0 fully saturated rings. The second kappa shape index (κ2) is 21.3. The summed E-state index contributed by atoms with van der Waals surface area (Å²) in [7, 11) is 1.32. The van der Waals surface area contributed by atoms with Gasteiger partial charge in [-0.2, -0.15) is 0 Å². The molecular weight excluding hydrogens is 797 g/mol. The van der Waals surface area contributed by atoms with Crippen LogP contribution in [0.5, 0.6) is 0 Å². The number of nitrogens with one attached hydrogen (secondary N) is 1. The van der Waals surface area contributed by atoms with E-state index in [0.717, 1.165) is 98.1 Å². The molecule has 9 heteroatoms. The van der Waals surface area contributed by atoms with Crippen molar-refractivity contribution in [3.05, 3.63) is 96.3 Å². The van der Waals surface area contributed by atoms with Gasteiger partial charge in [0.05, 0.1) is 47.9 Å². The number of hydrogen-bond acceptors (Lipinski definition) is 8. The van der Waals surface area contributed by atoms with Crippen LogP contribution in [0.1, 0.15) is 157 Å². The minimum absolute atomic E-state index is 0.114. The van der Waals surface area contributed by atoms with Gasteiger partial charge in [-0.05, 0) is 122 Å². The molecule has 5 aliphatic rings. The Kier molecular flexibility index (Phi) is 16.1. The maximum absolute atomic E-state index is 13.6. The van der Waals surface area contributed by atoms with E-state index in [1.807, 2.05) is 32.1 Å². The fourth-order valence-corrected chi connectivity index (χ4v) is 10.0. The first kappa shape index (κ1) is 48.4. The molecule has 8 bridgehead atoms. The summed E-state index contributed by atoms with van der Waals surface area (Å²) in [6.45, 7) is 26.4. The number of aromatic nitrogens is 1. The number of H-pyrrole nitrogens is 1. The predicted octanol–water partition coefficient (Wildman–Crippen LogP) is 11.8. The Morgan fingerprint density at radius 1 is 0.797 bits per heavy atom. The molecule has 1 aliphatic carbocycles. The van der Waals surface area contributed by atoms with Gasteiger partial charge in [0.2, 0.25) is 0 Å². The van der Waals surface area contributed by atoms with Gasteiger partial charge < -0.3 is 19.6 Å². The number of methoxy groups -OCH3 is 1. The topological polar surface area (TPSA) is 126 Å². The summed E-state index contributed by atoms with van der Waals surface area (Å²) in [5, 5.41) is 13.6. The van der Waals surface area contributed by atoms with Gasteiger partial charge in [-0.15, -0.1) is 0 Å². The predicted molar refractivity (Wildman–Crippen MR) is 263 cm³/mol. The van der Waals surface area contributed by atoms with Crippen molar-refractivity contribution in [3.63, 3.8) is 0 Å². The fraction of sp³-hybridized carbons (Fsp3) is 0.545. The summed E-state index contributed by atoms with van der Waals surface area (Å²) in [6, 6.07) is 0. The minimum atomic E-state index is -1.13. The number of fused-ring (bicyclic) bond motifs is 5. The molecule has 0 radical (unpaired) electrons. The molecule has 1 aromatic rings. The Labute approximate surface area is 382 Å². The monoisotopic (exact) mass is 871 g/mol. The Morgan fingerprint density at radius 3 is 2.00 bits per heavy atom. The van der Waals surface area contributed by atoms with Crippen LogP contribution in [0.15, 0.2) is 89.5 Å². The van der Waals surface area contributed by atoms with Crippen molar-refractivity contribution >= 4 is 47.3 Å². The van der Waals surface area contributed by atoms with E-state index in [-0.39, 0.29) is 18.1 Å². The van der Waals surface area contributed by atoms with E-state index >= 15 is 0 Å². The molecule has 344 valence electrons. The van der Waals surface area contributed by atoms with E-state index in [2.05, 4.69) is 73.0 Å². The van der Waals surface area contributed by atoms with E-state index in [0.29, 0.717) is 52.9 Å². The highest BCUT2D eigenvalue weighted by molar-refractivity contribution is 6.27. The molecule has 0 saturated carbocycles. The van der Waals surface area contributed by atoms with Crippen molar-refractivity contribution in [2.75, 3.05) is 13.7 Å². The van der Waals surface area contributed by atoms with Crippen LogP contribution in [0.25, 0.3) is 18.2 Å². The number of nitrogens with zero attached hydrogens (tertiary/aromatic N) is 3. The smallest absolute Gasteiger partial charge is 0.321 e. The number of allylic oxidation sites excluding steroid dienone is 7. The lowest BCUT2D eigenvalue weighted by molar-refractivity contribution is -0.144. The molecule has 0 amide bonds. The van der Waals surface area contributed by atoms with E-state index < -0.39 is 11.9 Å². The third kappa shape index (κ3) is 10.6. The summed E-state index contributed by atoms with van der Waals surface area (Å²) in [5.41, 5.74) is 11.6. The largest absolute Gasteiger partial charge is 0.510 e. The van der Waals surface area contributed by atoms with Gasteiger partial charge in [-0.25, -0.2) is 15.0 Å². The van der Waals surface area contributed by atoms with Crippen molar-refractivity contribution in [2.45, 2.75) is 153 Å². The molecule has 0 aromatic carbocycles. The second-order valence-electron chi connectivity index (χ2n) is 19.5. The summed E-state index contributed by atoms with van der Waals surface area (Å²) in [4.78, 5) is 46.1. The van der Waals surface area contributed by atoms with Crippen LogP contribution >= 0.6 is 0 Å². The summed E-state index contributed by atoms with van der Waals surface area (Å²) in [5.74, 6) is 0.718. The third-order valence-corrected chi connectivity index (χ3v) is 14.2. The SMILES string of the molecule is C=Cc1c(C)c2[nH]c1=CC1=NC(=CC3=C(C)C4=C(O)[C@H](C(=O)OC)C(=C5N=C(C=2)C(C)=C5CCC(=O)OCCC(C)CCC[C@@H](C)CCC[C@H](C)CCCC(C)C)C4=N3)C(CC)=C1C. The number of rotatable bonds is 21. The third-order valence-electron chi connectivity index (χ3n) is 14.2. The zero-order valence-corrected chi connectivity index (χ0v) is 40.7. The number of ether oxygens (including phenoxy) is 2. The first-order valence-corrected chi connectivity index (χ1v) is 24.1. The summed E-state index contributed by atoms with van der Waals surface area (Å²) in [6.07, 6.45) is 21.6. The molecule has 9 nitrogen and oxygen atoms in total. The van der Waals surface area contributed by atoms with Gasteiger partial charge in [-0.1, -0.05) is 112 Å². The highest BCUT2D eigenvalue weighted by atomic mass is 16.5. The highest BCUT2D eigenvalue weighted by Gasteiger charge is 2.47. The molecule has 6 rings (SSSR count). The Balaban J connectivity index is 1.20. The minimum Gasteiger partial charge on any atom is -0.510 e. The molecule has 2 N–H and O–H groups in total. The molecule has 1 unspecified atom stereocenters. The van der Waals surface area contributed by atoms with Crippen LogP contribution in [-0.2, 0) is 19.1 Å². The lowest BCUT2D eigenvalue weighted by atomic mass is 9.91. The van der Waals surface area contributed by atoms with Gasteiger partial charge >= 0.3 is 11.9 Å². The van der Waals surface area contributed by atoms with Gasteiger partial charge in [0.1, 0.15) is 11.7 Å². The van der Waals surface area contributed by atoms with Crippen molar-refractivity contribution in [2.24, 2.45) is 44.6 Å². The molecule has 1 aromatic heterocycles. The standard InChI is InChI=1S/C55H74N4O5/c1-13-39-35(8)42-28-44-37(10)41(24-25-48(60)64-27-26-34(7)23-17-22-33(6)21-16-20-32(5)19-15-18-31(3)4)52(58-44)50-51(55(62)63-12)54(61)49-38(11)45(59-53(49)50)30-47-40(14-2)36(9)43(57-47)29-46(39)56-42/h13,28-34,51,56,61H,1,14-27H2,2-12H3/t32-,33+,34?,51-/m1/s1. The van der Waals surface area contributed by atoms with Gasteiger partial charge in [0.25, 0.3) is 0 Å². The molecule has 4 atom stereocenters. The lowest BCUT2D eigenvalue weighted by Crippen LogP contribution is -2.21. The lowest BCUT2D eigenvalue weighted by Gasteiger charge is -2.16. The number of aliphatic imine (C=N–C) groups is 3. The van der Waals surface area contributed by atoms with Crippen LogP contribution in [0.4, 0.5) is 0 Å². The Hall–Kier alpha value is -5.05. The fourth-order valence-electron chi connectivity index (χ4n) is 10.0. The van der Waals surface area contributed by atoms with E-state index in [9.17, 15) is 14.7 Å². The van der Waals surface area contributed by atoms with Crippen molar-refractivity contribution < 1.29 is 24.2 Å². The molecule has 64 heavy (non-hydrogen) atoms. The number of aromatic amines is 1. The van der Waals surface area contributed by atoms with E-state index in [1.165, 1.54) is 58.5 Å². The van der Waals surface area contributed by atoms with E-state index in [4.69, 9.17) is 24.5 Å². The van der Waals surface area contributed by atoms with Crippen LogP contribution in [-0.4, -0.2) is 52.9 Å². The van der Waals surface area contributed by atoms with Gasteiger partial charge in [0.15, 0.2) is 0 Å². The van der Waals surface area contributed by atoms with Gasteiger partial charge in [0, 0.05) is 33.8 Å². The average Bonchev–Trinajstić information content (AvgIpc) is 3.99. The van der Waals surface area contributed by atoms with Gasteiger partial charge in [-0.3, -0.25) is 9.59 Å². The second-order valence-corrected chi connectivity index (χ2v) is 19.5. The number of aliphatic hydroxyl groups is 1. The maximum atomic E-state index is 13.6. The number of esters is 2. The Morgan fingerprint density at radius 2 is 1.39 bits per heavy atom. The summed E-state index contributed by atoms with van der Waals surface area (Å²) >= 11 is 0.